The van der Waals surface area contributed by atoms with Crippen LogP contribution in [0.5, 0.6) is 0 Å². The zero-order chi connectivity index (χ0) is 14.9. The second kappa shape index (κ2) is 3.51. The number of hydrogen-bond donors (Lipinski definition) is 0. The van der Waals surface area contributed by atoms with Gasteiger partial charge in [-0.3, -0.25) is 0 Å². The van der Waals surface area contributed by atoms with Crippen molar-refractivity contribution in [1.29, 1.82) is 0 Å². The molecule has 0 bridgehead atoms. The first-order valence-electron chi connectivity index (χ1n) is 5.81. The summed E-state index contributed by atoms with van der Waals surface area (Å²) in [5.41, 5.74) is -0.753. The smallest absolute Gasteiger partial charge is 0.349 e. The van der Waals surface area contributed by atoms with E-state index in [0.717, 1.165) is 6.07 Å². The number of ether oxygens (including phenoxy) is 2. The summed E-state index contributed by atoms with van der Waals surface area (Å²) >= 11 is 0. The van der Waals surface area contributed by atoms with E-state index in [2.05, 4.69) is 9.47 Å². The van der Waals surface area contributed by atoms with Crippen molar-refractivity contribution in [2.24, 2.45) is 0 Å². The number of benzene rings is 2. The fraction of sp³-hybridized carbons (Fsp3) is 0. The summed E-state index contributed by atoms with van der Waals surface area (Å²) in [6, 6.07) is 3.31. The Balaban J connectivity index is 2.33. The third kappa shape index (κ3) is 1.29. The molecule has 0 aliphatic carbocycles. The van der Waals surface area contributed by atoms with Gasteiger partial charge in [0.1, 0.15) is 11.4 Å². The van der Waals surface area contributed by atoms with Gasteiger partial charge in [0.05, 0.1) is 16.7 Å². The lowest BCUT2D eigenvalue weighted by molar-refractivity contribution is 0.0362. The fourth-order valence-corrected chi connectivity index (χ4v) is 2.62. The van der Waals surface area contributed by atoms with Crippen LogP contribution in [0, 0.1) is 5.82 Å². The van der Waals surface area contributed by atoms with Gasteiger partial charge >= 0.3 is 23.9 Å². The standard InChI is InChI=1S/C14H3FO6/c15-7-3-6-8-4(11(16)20-13(6)18)1-2-5-9(8)10(7)14(19)21-12(5)17/h1-3H. The number of cyclic esters (lactones) is 4. The summed E-state index contributed by atoms with van der Waals surface area (Å²) in [5, 5.41) is -0.0519. The largest absolute Gasteiger partial charge is 0.386 e. The second-order valence-electron chi connectivity index (χ2n) is 4.55. The van der Waals surface area contributed by atoms with Crippen LogP contribution in [0.15, 0.2) is 18.2 Å². The van der Waals surface area contributed by atoms with Crippen LogP contribution >= 0.6 is 0 Å². The molecule has 0 radical (unpaired) electrons. The highest BCUT2D eigenvalue weighted by atomic mass is 19.1. The van der Waals surface area contributed by atoms with Gasteiger partial charge in [-0.25, -0.2) is 23.6 Å². The number of esters is 4. The predicted octanol–water partition coefficient (Wildman–Crippen LogP) is 1.60. The van der Waals surface area contributed by atoms with E-state index in [-0.39, 0.29) is 27.5 Å². The lowest BCUT2D eigenvalue weighted by atomic mass is 9.89. The van der Waals surface area contributed by atoms with Crippen LogP contribution < -0.4 is 0 Å². The van der Waals surface area contributed by atoms with Crippen LogP contribution in [0.4, 0.5) is 4.39 Å². The predicted molar refractivity (Wildman–Crippen MR) is 63.4 cm³/mol. The van der Waals surface area contributed by atoms with E-state index in [1.165, 1.54) is 12.1 Å². The maximum Gasteiger partial charge on any atom is 0.349 e. The molecule has 2 heterocycles. The molecule has 2 aliphatic heterocycles. The molecule has 0 saturated heterocycles. The summed E-state index contributed by atoms with van der Waals surface area (Å²) in [7, 11) is 0. The van der Waals surface area contributed by atoms with Crippen molar-refractivity contribution in [1.82, 2.24) is 0 Å². The fourth-order valence-electron chi connectivity index (χ4n) is 2.62. The molecule has 2 aliphatic rings. The Morgan fingerprint density at radius 3 is 1.90 bits per heavy atom. The number of hydrogen-bond acceptors (Lipinski definition) is 6. The zero-order valence-electron chi connectivity index (χ0n) is 10.1. The molecule has 0 amide bonds. The Morgan fingerprint density at radius 1 is 0.714 bits per heavy atom. The van der Waals surface area contributed by atoms with Gasteiger partial charge in [-0.05, 0) is 18.2 Å². The molecule has 0 unspecified atom stereocenters. The van der Waals surface area contributed by atoms with Gasteiger partial charge in [-0.15, -0.1) is 0 Å². The van der Waals surface area contributed by atoms with E-state index < -0.39 is 35.3 Å². The summed E-state index contributed by atoms with van der Waals surface area (Å²) in [5.74, 6) is -5.06. The Hall–Kier alpha value is -3.09. The quantitative estimate of drug-likeness (QED) is 0.540. The van der Waals surface area contributed by atoms with Crippen molar-refractivity contribution in [2.45, 2.75) is 0 Å². The molecular weight excluding hydrogens is 283 g/mol. The monoisotopic (exact) mass is 286 g/mol. The van der Waals surface area contributed by atoms with E-state index in [0.29, 0.717) is 0 Å². The number of halogens is 1. The zero-order valence-corrected chi connectivity index (χ0v) is 10.1. The lowest BCUT2D eigenvalue weighted by Crippen LogP contribution is -2.26. The number of carbonyl (C=O) groups excluding carboxylic acids is 4. The first-order valence-corrected chi connectivity index (χ1v) is 5.81. The maximum absolute atomic E-state index is 14.1. The molecule has 102 valence electrons. The number of carbonyl (C=O) groups is 4. The summed E-state index contributed by atoms with van der Waals surface area (Å²) < 4.78 is 23.0. The summed E-state index contributed by atoms with van der Waals surface area (Å²) in [4.78, 5) is 46.9. The minimum Gasteiger partial charge on any atom is -0.386 e. The third-order valence-corrected chi connectivity index (χ3v) is 3.47. The molecule has 0 saturated carbocycles. The Labute approximate surface area is 115 Å². The van der Waals surface area contributed by atoms with Gasteiger partial charge in [0.15, 0.2) is 0 Å². The third-order valence-electron chi connectivity index (χ3n) is 3.47. The van der Waals surface area contributed by atoms with Gasteiger partial charge in [-0.1, -0.05) is 0 Å². The Morgan fingerprint density at radius 2 is 1.24 bits per heavy atom. The summed E-state index contributed by atoms with van der Waals surface area (Å²) in [6.07, 6.45) is 0. The van der Waals surface area contributed by atoms with Crippen LogP contribution in [0.2, 0.25) is 0 Å². The highest BCUT2D eigenvalue weighted by Gasteiger charge is 2.37. The van der Waals surface area contributed by atoms with E-state index in [4.69, 9.17) is 0 Å². The van der Waals surface area contributed by atoms with E-state index in [9.17, 15) is 23.6 Å². The molecule has 0 atom stereocenters. The highest BCUT2D eigenvalue weighted by molar-refractivity contribution is 6.29. The molecule has 6 nitrogen and oxygen atoms in total. The Bertz CT molecular complexity index is 927. The topological polar surface area (TPSA) is 86.7 Å². The normalized spacial score (nSPS) is 16.0. The minimum atomic E-state index is -1.15. The molecule has 21 heavy (non-hydrogen) atoms. The van der Waals surface area contributed by atoms with Crippen molar-refractivity contribution < 1.29 is 33.0 Å². The van der Waals surface area contributed by atoms with Crippen molar-refractivity contribution >= 4 is 34.6 Å². The van der Waals surface area contributed by atoms with Gasteiger partial charge < -0.3 is 9.47 Å². The molecule has 0 fully saturated rings. The second-order valence-corrected chi connectivity index (χ2v) is 4.55. The first kappa shape index (κ1) is 11.7. The number of rotatable bonds is 0. The van der Waals surface area contributed by atoms with Gasteiger partial charge in [-0.2, -0.15) is 0 Å². The molecule has 2 aromatic rings. The van der Waals surface area contributed by atoms with Crippen LogP contribution in [0.25, 0.3) is 10.8 Å². The van der Waals surface area contributed by atoms with Gasteiger partial charge in [0, 0.05) is 10.8 Å². The Kier molecular flexibility index (Phi) is 1.96. The molecule has 2 aromatic carbocycles. The van der Waals surface area contributed by atoms with Crippen molar-refractivity contribution in [3.63, 3.8) is 0 Å². The van der Waals surface area contributed by atoms with Gasteiger partial charge in [0.25, 0.3) is 0 Å². The lowest BCUT2D eigenvalue weighted by Gasteiger charge is -2.21. The minimum absolute atomic E-state index is 0.00731. The molecular formula is C14H3FO6. The molecule has 7 heteroatoms. The van der Waals surface area contributed by atoms with Gasteiger partial charge in [0.2, 0.25) is 0 Å². The molecule has 0 aromatic heterocycles. The average molecular weight is 286 g/mol. The summed E-state index contributed by atoms with van der Waals surface area (Å²) in [6.45, 7) is 0. The molecule has 0 spiro atoms. The van der Waals surface area contributed by atoms with Crippen molar-refractivity contribution in [3.8, 4) is 0 Å². The highest BCUT2D eigenvalue weighted by Crippen LogP contribution is 2.37. The molecule has 4 rings (SSSR count). The van der Waals surface area contributed by atoms with Crippen LogP contribution in [0.1, 0.15) is 41.4 Å². The SMILES string of the molecule is O=C1OC(=O)c2cc(F)c3c4c(ccc1c24)C(=O)OC3=O. The van der Waals surface area contributed by atoms with Crippen LogP contribution in [0.3, 0.4) is 0 Å². The van der Waals surface area contributed by atoms with E-state index in [1.807, 2.05) is 0 Å². The van der Waals surface area contributed by atoms with E-state index in [1.54, 1.807) is 0 Å². The average Bonchev–Trinajstić information content (AvgIpc) is 2.42. The van der Waals surface area contributed by atoms with Crippen LogP contribution in [-0.4, -0.2) is 23.9 Å². The molecule has 0 N–H and O–H groups in total. The van der Waals surface area contributed by atoms with Crippen LogP contribution in [-0.2, 0) is 9.47 Å². The van der Waals surface area contributed by atoms with E-state index >= 15 is 0 Å². The van der Waals surface area contributed by atoms with Crippen molar-refractivity contribution in [3.05, 3.63) is 46.3 Å². The maximum atomic E-state index is 14.1. The van der Waals surface area contributed by atoms with Crippen molar-refractivity contribution in [2.75, 3.05) is 0 Å². The first-order chi connectivity index (χ1) is 9.99.